The highest BCUT2D eigenvalue weighted by molar-refractivity contribution is 7.22. The van der Waals surface area contributed by atoms with Gasteiger partial charge in [-0.25, -0.2) is 4.98 Å². The average Bonchev–Trinajstić information content (AvgIpc) is 2.79. The quantitative estimate of drug-likeness (QED) is 0.824. The van der Waals surface area contributed by atoms with E-state index in [1.54, 1.807) is 6.07 Å². The summed E-state index contributed by atoms with van der Waals surface area (Å²) in [6, 6.07) is 7.59. The van der Waals surface area contributed by atoms with Gasteiger partial charge in [0.15, 0.2) is 5.13 Å². The van der Waals surface area contributed by atoms with Crippen LogP contribution in [0, 0.1) is 11.3 Å². The highest BCUT2D eigenvalue weighted by Crippen LogP contribution is 2.27. The van der Waals surface area contributed by atoms with E-state index in [2.05, 4.69) is 16.4 Å². The van der Waals surface area contributed by atoms with Crippen LogP contribution in [0.1, 0.15) is 13.3 Å². The van der Waals surface area contributed by atoms with Gasteiger partial charge in [-0.05, 0) is 32.2 Å². The van der Waals surface area contributed by atoms with Crippen LogP contribution in [0.25, 0.3) is 10.2 Å². The number of nitrogen functional groups attached to an aromatic ring is 1. The molecule has 3 N–H and O–H groups in total. The van der Waals surface area contributed by atoms with Crippen molar-refractivity contribution in [1.29, 1.82) is 5.26 Å². The number of amides is 1. The van der Waals surface area contributed by atoms with Crippen molar-refractivity contribution in [2.45, 2.75) is 19.4 Å². The topological polar surface area (TPSA) is 95.0 Å². The summed E-state index contributed by atoms with van der Waals surface area (Å²) in [7, 11) is 1.82. The standard InChI is InChI=1S/C14H17N5OS/c1-9(5-6-15)19(2)8-13(20)18-14-17-11-4-3-10(16)7-12(11)21-14/h3-4,7,9H,5,8,16H2,1-2H3,(H,17,18,20). The molecule has 1 atom stereocenters. The number of thiazole rings is 1. The zero-order valence-corrected chi connectivity index (χ0v) is 12.8. The SMILES string of the molecule is CC(CC#N)N(C)CC(=O)Nc1nc2ccc(N)cc2s1. The van der Waals surface area contributed by atoms with Crippen LogP contribution in [0.15, 0.2) is 18.2 Å². The Bertz CT molecular complexity index is 690. The summed E-state index contributed by atoms with van der Waals surface area (Å²) in [6.07, 6.45) is 0.393. The molecule has 6 nitrogen and oxygen atoms in total. The van der Waals surface area contributed by atoms with Crippen LogP contribution in [0.2, 0.25) is 0 Å². The first-order valence-electron chi connectivity index (χ1n) is 6.52. The molecule has 1 amide bonds. The van der Waals surface area contributed by atoms with Crippen molar-refractivity contribution >= 4 is 38.3 Å². The van der Waals surface area contributed by atoms with Gasteiger partial charge in [0.1, 0.15) is 0 Å². The fraction of sp³-hybridized carbons (Fsp3) is 0.357. The molecule has 2 rings (SSSR count). The molecule has 0 saturated carbocycles. The summed E-state index contributed by atoms with van der Waals surface area (Å²) in [5, 5.41) is 12.0. The van der Waals surface area contributed by atoms with E-state index >= 15 is 0 Å². The number of hydrogen-bond donors (Lipinski definition) is 2. The molecule has 1 heterocycles. The summed E-state index contributed by atoms with van der Waals surface area (Å²) in [6.45, 7) is 2.14. The Kier molecular flexibility index (Phi) is 4.73. The normalized spacial score (nSPS) is 12.3. The molecule has 1 aromatic carbocycles. The first-order chi connectivity index (χ1) is 9.99. The number of nitrogens with two attached hydrogens (primary N) is 1. The lowest BCUT2D eigenvalue weighted by Crippen LogP contribution is -2.36. The van der Waals surface area contributed by atoms with Crippen molar-refractivity contribution in [3.8, 4) is 6.07 Å². The molecule has 2 aromatic rings. The fourth-order valence-corrected chi connectivity index (χ4v) is 2.75. The second-order valence-electron chi connectivity index (χ2n) is 4.92. The van der Waals surface area contributed by atoms with Crippen LogP contribution in [0.5, 0.6) is 0 Å². The van der Waals surface area contributed by atoms with Gasteiger partial charge in [0.2, 0.25) is 5.91 Å². The van der Waals surface area contributed by atoms with Crippen LogP contribution in [-0.2, 0) is 4.79 Å². The molecular weight excluding hydrogens is 286 g/mol. The third-order valence-corrected chi connectivity index (χ3v) is 4.12. The molecule has 21 heavy (non-hydrogen) atoms. The average molecular weight is 303 g/mol. The second kappa shape index (κ2) is 6.52. The molecule has 7 heteroatoms. The van der Waals surface area contributed by atoms with Crippen molar-refractivity contribution < 1.29 is 4.79 Å². The minimum absolute atomic E-state index is 0.0379. The second-order valence-corrected chi connectivity index (χ2v) is 5.95. The minimum atomic E-state index is -0.144. The lowest BCUT2D eigenvalue weighted by atomic mass is 10.2. The molecule has 0 aliphatic carbocycles. The van der Waals surface area contributed by atoms with E-state index in [0.717, 1.165) is 10.2 Å². The Morgan fingerprint density at radius 2 is 2.38 bits per heavy atom. The Hall–Kier alpha value is -2.17. The molecule has 0 spiro atoms. The molecule has 0 fully saturated rings. The fourth-order valence-electron chi connectivity index (χ4n) is 1.82. The minimum Gasteiger partial charge on any atom is -0.399 e. The van der Waals surface area contributed by atoms with Gasteiger partial charge in [-0.3, -0.25) is 9.69 Å². The van der Waals surface area contributed by atoms with Crippen LogP contribution < -0.4 is 11.1 Å². The van der Waals surface area contributed by atoms with Gasteiger partial charge in [-0.1, -0.05) is 11.3 Å². The van der Waals surface area contributed by atoms with Crippen molar-refractivity contribution in [2.24, 2.45) is 0 Å². The number of nitriles is 1. The maximum Gasteiger partial charge on any atom is 0.240 e. The van der Waals surface area contributed by atoms with Crippen molar-refractivity contribution in [3.63, 3.8) is 0 Å². The van der Waals surface area contributed by atoms with Gasteiger partial charge in [-0.15, -0.1) is 0 Å². The first-order valence-corrected chi connectivity index (χ1v) is 7.34. The Labute approximate surface area is 127 Å². The van der Waals surface area contributed by atoms with E-state index in [4.69, 9.17) is 11.0 Å². The zero-order valence-electron chi connectivity index (χ0n) is 12.0. The number of nitrogens with zero attached hydrogens (tertiary/aromatic N) is 3. The van der Waals surface area contributed by atoms with Crippen LogP contribution in [0.3, 0.4) is 0 Å². The third kappa shape index (κ3) is 3.90. The number of anilines is 2. The van der Waals surface area contributed by atoms with Gasteiger partial charge in [-0.2, -0.15) is 5.26 Å². The van der Waals surface area contributed by atoms with Gasteiger partial charge < -0.3 is 11.1 Å². The number of likely N-dealkylation sites (N-methyl/N-ethyl adjacent to an activating group) is 1. The Morgan fingerprint density at radius 3 is 3.10 bits per heavy atom. The molecule has 1 aromatic heterocycles. The largest absolute Gasteiger partial charge is 0.399 e. The van der Waals surface area contributed by atoms with E-state index in [9.17, 15) is 4.79 Å². The molecule has 0 aliphatic heterocycles. The number of carbonyl (C=O) groups is 1. The summed E-state index contributed by atoms with van der Waals surface area (Å²) in [5.74, 6) is -0.144. The van der Waals surface area contributed by atoms with Crippen molar-refractivity contribution in [3.05, 3.63) is 18.2 Å². The Morgan fingerprint density at radius 1 is 1.62 bits per heavy atom. The van der Waals surface area contributed by atoms with Gasteiger partial charge in [0.05, 0.1) is 29.3 Å². The molecule has 0 aliphatic rings. The Balaban J connectivity index is 2.00. The lowest BCUT2D eigenvalue weighted by Gasteiger charge is -2.21. The van der Waals surface area contributed by atoms with Crippen LogP contribution >= 0.6 is 11.3 Å². The van der Waals surface area contributed by atoms with E-state index in [1.165, 1.54) is 11.3 Å². The number of fused-ring (bicyclic) bond motifs is 1. The number of nitrogens with one attached hydrogen (secondary N) is 1. The van der Waals surface area contributed by atoms with E-state index in [1.807, 2.05) is 31.0 Å². The van der Waals surface area contributed by atoms with Crippen LogP contribution in [0.4, 0.5) is 10.8 Å². The van der Waals surface area contributed by atoms with Crippen molar-refractivity contribution in [1.82, 2.24) is 9.88 Å². The van der Waals surface area contributed by atoms with Gasteiger partial charge in [0, 0.05) is 11.7 Å². The number of hydrogen-bond acceptors (Lipinski definition) is 6. The highest BCUT2D eigenvalue weighted by atomic mass is 32.1. The maximum absolute atomic E-state index is 12.0. The molecule has 1 unspecified atom stereocenters. The highest BCUT2D eigenvalue weighted by Gasteiger charge is 2.14. The van der Waals surface area contributed by atoms with E-state index in [0.29, 0.717) is 17.2 Å². The number of rotatable bonds is 5. The molecule has 110 valence electrons. The number of carbonyl (C=O) groups excluding carboxylic acids is 1. The van der Waals surface area contributed by atoms with E-state index < -0.39 is 0 Å². The van der Waals surface area contributed by atoms with E-state index in [-0.39, 0.29) is 18.5 Å². The summed E-state index contributed by atoms with van der Waals surface area (Å²) < 4.78 is 0.941. The lowest BCUT2D eigenvalue weighted by molar-refractivity contribution is -0.117. The first kappa shape index (κ1) is 15.2. The predicted octanol–water partition coefficient (Wildman–Crippen LogP) is 2.05. The molecule has 0 bridgehead atoms. The number of benzene rings is 1. The van der Waals surface area contributed by atoms with Crippen molar-refractivity contribution in [2.75, 3.05) is 24.6 Å². The summed E-state index contributed by atoms with van der Waals surface area (Å²) >= 11 is 1.39. The summed E-state index contributed by atoms with van der Waals surface area (Å²) in [5.41, 5.74) is 7.21. The molecular formula is C14H17N5OS. The monoisotopic (exact) mass is 303 g/mol. The summed E-state index contributed by atoms with van der Waals surface area (Å²) in [4.78, 5) is 18.2. The maximum atomic E-state index is 12.0. The van der Waals surface area contributed by atoms with Crippen LogP contribution in [-0.4, -0.2) is 35.4 Å². The molecule has 0 saturated heterocycles. The molecule has 0 radical (unpaired) electrons. The smallest absolute Gasteiger partial charge is 0.240 e. The van der Waals surface area contributed by atoms with Gasteiger partial charge >= 0.3 is 0 Å². The number of aromatic nitrogens is 1. The zero-order chi connectivity index (χ0) is 15.4. The third-order valence-electron chi connectivity index (χ3n) is 3.19. The predicted molar refractivity (Wildman–Crippen MR) is 85.0 cm³/mol. The van der Waals surface area contributed by atoms with Gasteiger partial charge in [0.25, 0.3) is 0 Å².